The zero-order valence-corrected chi connectivity index (χ0v) is 50.3. The number of rotatable bonds is 12. The molecule has 0 aliphatic carbocycles. The van der Waals surface area contributed by atoms with Crippen LogP contribution < -0.4 is 28.7 Å². The topological polar surface area (TPSA) is 155 Å². The Labute approximate surface area is 452 Å². The normalized spacial score (nSPS) is 20.3. The standard InChI is InChI=1S/C58H82N4O12Si2/c1-35-24-43-51(73-75(17,18)57(9,10)11)61(53(65)71-55(3,4)5)41-29-47(45(67-15)27-39(41)49(63)59(43)31-35)69-33-37-22-21-23-38(26-37)34-70-48-30-42-40(28-46(48)68-16)50(64)60-32-36(2)25-44(60)52(74-76(19,20)58(12,13)14)62(42)54(66)72-56(6,7)8/h21-23,26-30,43-44,51-52H,1-2,24-25,31-34H2,3-20H3/t43-,44-,51?,52?/m0/s1. The van der Waals surface area contributed by atoms with Crippen molar-refractivity contribution in [1.29, 1.82) is 0 Å². The van der Waals surface area contributed by atoms with E-state index < -0.39 is 64.6 Å². The van der Waals surface area contributed by atoms with Crippen molar-refractivity contribution in [2.75, 3.05) is 37.1 Å². The molecule has 76 heavy (non-hydrogen) atoms. The number of methoxy groups -OCH3 is 2. The summed E-state index contributed by atoms with van der Waals surface area (Å²) >= 11 is 0. The maximum Gasteiger partial charge on any atom is 0.417 e. The lowest BCUT2D eigenvalue weighted by atomic mass is 10.1. The van der Waals surface area contributed by atoms with Crippen molar-refractivity contribution in [1.82, 2.24) is 9.80 Å². The summed E-state index contributed by atoms with van der Waals surface area (Å²) in [4.78, 5) is 65.1. The molecule has 0 saturated carbocycles. The van der Waals surface area contributed by atoms with Gasteiger partial charge in [0.25, 0.3) is 11.8 Å². The van der Waals surface area contributed by atoms with E-state index in [2.05, 4.69) is 80.9 Å². The van der Waals surface area contributed by atoms with E-state index in [9.17, 15) is 19.2 Å². The van der Waals surface area contributed by atoms with Gasteiger partial charge in [-0.3, -0.25) is 9.59 Å². The van der Waals surface area contributed by atoms with Crippen LogP contribution in [0.25, 0.3) is 0 Å². The first kappa shape index (κ1) is 57.9. The van der Waals surface area contributed by atoms with Crippen molar-refractivity contribution >= 4 is 52.0 Å². The van der Waals surface area contributed by atoms with Gasteiger partial charge in [0, 0.05) is 25.2 Å². The van der Waals surface area contributed by atoms with E-state index in [0.29, 0.717) is 48.9 Å². The van der Waals surface area contributed by atoms with E-state index in [-0.39, 0.29) is 57.6 Å². The SMILES string of the molecule is C=C1C[C@H]2C(O[Si](C)(C)C(C)(C)C)N(C(=O)OC(C)(C)C)c3cc(OCc4cccc(COc5cc6c(cc5OC)C(=O)N5CC(=C)C[C@H]5C(O[Si](C)(C)C(C)(C)C)N6C(=O)OC(C)(C)C)c4)c(OC)cc3C(=O)N2C1. The Hall–Kier alpha value is -5.83. The molecule has 2 fully saturated rings. The van der Waals surface area contributed by atoms with Crippen molar-refractivity contribution in [3.8, 4) is 23.0 Å². The van der Waals surface area contributed by atoms with Crippen LogP contribution in [-0.4, -0.2) is 113 Å². The maximum atomic E-state index is 14.7. The van der Waals surface area contributed by atoms with Gasteiger partial charge in [-0.15, -0.1) is 0 Å². The Kier molecular flexibility index (Phi) is 15.9. The Morgan fingerprint density at radius 3 is 1.24 bits per heavy atom. The molecular weight excluding hydrogens is 1000 g/mol. The number of hydrogen-bond acceptors (Lipinski definition) is 12. The second-order valence-electron chi connectivity index (χ2n) is 25.6. The fraction of sp³-hybridized carbons (Fsp3) is 0.552. The third-order valence-electron chi connectivity index (χ3n) is 15.2. The largest absolute Gasteiger partial charge is 0.493 e. The average molecular weight is 1080 g/mol. The number of carbonyl (C=O) groups excluding carboxylic acids is 4. The highest BCUT2D eigenvalue weighted by atomic mass is 28.4. The van der Waals surface area contributed by atoms with Gasteiger partial charge < -0.3 is 47.1 Å². The molecule has 4 amide bonds. The molecule has 0 radical (unpaired) electrons. The van der Waals surface area contributed by atoms with Crippen molar-refractivity contribution in [2.24, 2.45) is 0 Å². The summed E-state index contributed by atoms with van der Waals surface area (Å²) in [6.45, 7) is 41.4. The lowest BCUT2D eigenvalue weighted by Gasteiger charge is -2.44. The summed E-state index contributed by atoms with van der Waals surface area (Å²) in [5.74, 6) is 0.609. The highest BCUT2D eigenvalue weighted by molar-refractivity contribution is 6.74. The van der Waals surface area contributed by atoms with Gasteiger partial charge in [0.2, 0.25) is 0 Å². The predicted octanol–water partition coefficient (Wildman–Crippen LogP) is 12.6. The van der Waals surface area contributed by atoms with E-state index in [1.807, 2.05) is 24.3 Å². The molecule has 2 unspecified atom stereocenters. The van der Waals surface area contributed by atoms with Crippen molar-refractivity contribution in [3.05, 3.63) is 95.1 Å². The molecule has 4 aliphatic rings. The molecule has 2 saturated heterocycles. The molecule has 0 bridgehead atoms. The van der Waals surface area contributed by atoms with Crippen LogP contribution in [0.3, 0.4) is 0 Å². The van der Waals surface area contributed by atoms with Crippen molar-refractivity contribution in [3.63, 3.8) is 0 Å². The Balaban J connectivity index is 1.22. The van der Waals surface area contributed by atoms with Crippen LogP contribution in [0.2, 0.25) is 36.3 Å². The first-order valence-corrected chi connectivity index (χ1v) is 32.0. The predicted molar refractivity (Wildman–Crippen MR) is 300 cm³/mol. The summed E-state index contributed by atoms with van der Waals surface area (Å²) in [5.41, 5.74) is 2.60. The monoisotopic (exact) mass is 1080 g/mol. The fourth-order valence-corrected chi connectivity index (χ4v) is 11.7. The number of nitrogens with zero attached hydrogens (tertiary/aromatic N) is 4. The molecule has 16 nitrogen and oxygen atoms in total. The first-order valence-electron chi connectivity index (χ1n) is 26.2. The molecule has 414 valence electrons. The van der Waals surface area contributed by atoms with E-state index in [4.69, 9.17) is 37.3 Å². The number of ether oxygens (including phenoxy) is 6. The van der Waals surface area contributed by atoms with Crippen LogP contribution in [0.5, 0.6) is 23.0 Å². The molecule has 3 aromatic rings. The lowest BCUT2D eigenvalue weighted by molar-refractivity contribution is 0.0335. The minimum atomic E-state index is -2.60. The third-order valence-corrected chi connectivity index (χ3v) is 24.1. The summed E-state index contributed by atoms with van der Waals surface area (Å²) in [7, 11) is -2.19. The van der Waals surface area contributed by atoms with Crippen LogP contribution in [0.4, 0.5) is 21.0 Å². The van der Waals surface area contributed by atoms with E-state index in [0.717, 1.165) is 22.3 Å². The second-order valence-corrected chi connectivity index (χ2v) is 35.1. The Bertz CT molecular complexity index is 2600. The molecule has 4 heterocycles. The van der Waals surface area contributed by atoms with Gasteiger partial charge in [0.15, 0.2) is 52.1 Å². The van der Waals surface area contributed by atoms with Gasteiger partial charge in [-0.1, -0.05) is 84.0 Å². The average Bonchev–Trinajstić information content (AvgIpc) is 3.85. The highest BCUT2D eigenvalue weighted by Crippen LogP contribution is 2.48. The van der Waals surface area contributed by atoms with Crippen LogP contribution in [0.1, 0.15) is 128 Å². The van der Waals surface area contributed by atoms with Gasteiger partial charge in [-0.2, -0.15) is 0 Å². The maximum absolute atomic E-state index is 14.7. The molecular formula is C58H82N4O12Si2. The lowest BCUT2D eigenvalue weighted by Crippen LogP contribution is -2.58. The number of anilines is 2. The molecule has 0 N–H and O–H groups in total. The van der Waals surface area contributed by atoms with Crippen LogP contribution >= 0.6 is 0 Å². The van der Waals surface area contributed by atoms with Gasteiger partial charge in [-0.05, 0) is 120 Å². The smallest absolute Gasteiger partial charge is 0.417 e. The van der Waals surface area contributed by atoms with Gasteiger partial charge in [0.1, 0.15) is 24.4 Å². The second kappa shape index (κ2) is 20.9. The number of benzene rings is 3. The number of amides is 4. The molecule has 4 aliphatic heterocycles. The summed E-state index contributed by atoms with van der Waals surface area (Å²) in [6.07, 6.45) is -2.21. The first-order chi connectivity index (χ1) is 35.0. The van der Waals surface area contributed by atoms with E-state index in [1.165, 1.54) is 24.0 Å². The van der Waals surface area contributed by atoms with Crippen molar-refractivity contribution in [2.45, 2.75) is 181 Å². The van der Waals surface area contributed by atoms with Crippen LogP contribution in [0, 0.1) is 0 Å². The third kappa shape index (κ3) is 12.0. The minimum Gasteiger partial charge on any atom is -0.493 e. The minimum absolute atomic E-state index is 0.0661. The summed E-state index contributed by atoms with van der Waals surface area (Å²) in [5, 5.41) is -0.458. The summed E-state index contributed by atoms with van der Waals surface area (Å²) in [6, 6.07) is 13.2. The molecule has 7 rings (SSSR count). The summed E-state index contributed by atoms with van der Waals surface area (Å²) < 4.78 is 51.4. The molecule has 0 spiro atoms. The molecule has 0 aromatic heterocycles. The van der Waals surface area contributed by atoms with Crippen LogP contribution in [-0.2, 0) is 31.5 Å². The Morgan fingerprint density at radius 2 is 0.921 bits per heavy atom. The number of hydrogen-bond donors (Lipinski definition) is 0. The quantitative estimate of drug-likeness (QED) is 0.125. The van der Waals surface area contributed by atoms with E-state index >= 15 is 0 Å². The zero-order chi connectivity index (χ0) is 56.4. The molecule has 4 atom stereocenters. The highest BCUT2D eigenvalue weighted by Gasteiger charge is 2.54. The molecule has 3 aromatic carbocycles. The zero-order valence-electron chi connectivity index (χ0n) is 48.3. The fourth-order valence-electron chi connectivity index (χ4n) is 9.30. The van der Waals surface area contributed by atoms with Crippen LogP contribution in [0.15, 0.2) is 72.8 Å². The van der Waals surface area contributed by atoms with Crippen molar-refractivity contribution < 1.29 is 56.5 Å². The molecule has 18 heteroatoms. The van der Waals surface area contributed by atoms with Gasteiger partial charge >= 0.3 is 12.2 Å². The Morgan fingerprint density at radius 1 is 0.566 bits per heavy atom. The van der Waals surface area contributed by atoms with E-state index in [1.54, 1.807) is 75.6 Å². The number of carbonyl (C=O) groups is 4. The van der Waals surface area contributed by atoms with Gasteiger partial charge in [-0.25, -0.2) is 19.4 Å². The van der Waals surface area contributed by atoms with Gasteiger partial charge in [0.05, 0.1) is 48.8 Å². The number of fused-ring (bicyclic) bond motifs is 4.